The molecule has 1 aromatic carbocycles. The summed E-state index contributed by atoms with van der Waals surface area (Å²) in [6.45, 7) is 1.69. The summed E-state index contributed by atoms with van der Waals surface area (Å²) in [6, 6.07) is 8.05. The molecule has 0 unspecified atom stereocenters. The fraction of sp³-hybridized carbons (Fsp3) is 0.250. The standard InChI is InChI=1S/C12H12BrN3O/c13-8-1-3-9(4-2-8)16-12-7-17-6-10(12)11(5-14)15-16/h1-4H,5-7,14H2. The molecule has 0 atom stereocenters. The zero-order valence-corrected chi connectivity index (χ0v) is 10.8. The number of benzene rings is 1. The Hall–Kier alpha value is -1.17. The Morgan fingerprint density at radius 3 is 2.76 bits per heavy atom. The quantitative estimate of drug-likeness (QED) is 0.923. The number of hydrogen-bond acceptors (Lipinski definition) is 3. The Balaban J connectivity index is 2.12. The van der Waals surface area contributed by atoms with Crippen molar-refractivity contribution in [1.29, 1.82) is 0 Å². The lowest BCUT2D eigenvalue weighted by Gasteiger charge is -2.05. The highest BCUT2D eigenvalue weighted by Crippen LogP contribution is 2.26. The summed E-state index contributed by atoms with van der Waals surface area (Å²) >= 11 is 3.42. The predicted octanol–water partition coefficient (Wildman–Crippen LogP) is 2.12. The number of ether oxygens (including phenoxy) is 1. The van der Waals surface area contributed by atoms with Crippen LogP contribution < -0.4 is 5.73 Å². The van der Waals surface area contributed by atoms with Gasteiger partial charge in [-0.15, -0.1) is 0 Å². The molecule has 0 spiro atoms. The van der Waals surface area contributed by atoms with Gasteiger partial charge in [0.15, 0.2) is 0 Å². The molecule has 0 amide bonds. The van der Waals surface area contributed by atoms with E-state index in [0.717, 1.165) is 27.1 Å². The third-order valence-corrected chi connectivity index (χ3v) is 3.45. The zero-order valence-electron chi connectivity index (χ0n) is 9.19. The van der Waals surface area contributed by atoms with E-state index in [0.29, 0.717) is 19.8 Å². The third-order valence-electron chi connectivity index (χ3n) is 2.92. The minimum atomic E-state index is 0.454. The highest BCUT2D eigenvalue weighted by Gasteiger charge is 2.22. The van der Waals surface area contributed by atoms with Gasteiger partial charge in [0.1, 0.15) is 0 Å². The van der Waals surface area contributed by atoms with Crippen molar-refractivity contribution >= 4 is 15.9 Å². The topological polar surface area (TPSA) is 53.1 Å². The maximum Gasteiger partial charge on any atom is 0.0897 e. The van der Waals surface area contributed by atoms with Crippen molar-refractivity contribution in [3.05, 3.63) is 45.7 Å². The van der Waals surface area contributed by atoms with E-state index in [1.54, 1.807) is 0 Å². The summed E-state index contributed by atoms with van der Waals surface area (Å²) in [4.78, 5) is 0. The average molecular weight is 294 g/mol. The first kappa shape index (κ1) is 11.0. The van der Waals surface area contributed by atoms with Gasteiger partial charge in [0.05, 0.1) is 30.3 Å². The van der Waals surface area contributed by atoms with Crippen LogP contribution in [0.1, 0.15) is 17.0 Å². The number of nitrogens with two attached hydrogens (primary N) is 1. The smallest absolute Gasteiger partial charge is 0.0897 e. The van der Waals surface area contributed by atoms with E-state index in [2.05, 4.69) is 21.0 Å². The van der Waals surface area contributed by atoms with Crippen LogP contribution in [0.5, 0.6) is 0 Å². The third kappa shape index (κ3) is 1.80. The van der Waals surface area contributed by atoms with Gasteiger partial charge in [-0.2, -0.15) is 5.10 Å². The largest absolute Gasteiger partial charge is 0.370 e. The predicted molar refractivity (Wildman–Crippen MR) is 67.6 cm³/mol. The van der Waals surface area contributed by atoms with Crippen LogP contribution in [0.4, 0.5) is 0 Å². The number of aromatic nitrogens is 2. The molecule has 2 N–H and O–H groups in total. The minimum Gasteiger partial charge on any atom is -0.370 e. The van der Waals surface area contributed by atoms with Gasteiger partial charge >= 0.3 is 0 Å². The van der Waals surface area contributed by atoms with Crippen molar-refractivity contribution in [2.45, 2.75) is 19.8 Å². The highest BCUT2D eigenvalue weighted by molar-refractivity contribution is 9.10. The molecule has 1 aliphatic heterocycles. The maximum absolute atomic E-state index is 5.70. The molecule has 0 saturated carbocycles. The molecule has 0 saturated heterocycles. The molecule has 4 nitrogen and oxygen atoms in total. The van der Waals surface area contributed by atoms with Crippen LogP contribution >= 0.6 is 15.9 Å². The first-order valence-corrected chi connectivity index (χ1v) is 6.22. The Bertz CT molecular complexity index is 548. The van der Waals surface area contributed by atoms with E-state index in [1.807, 2.05) is 28.9 Å². The maximum atomic E-state index is 5.70. The molecule has 0 bridgehead atoms. The normalized spacial score (nSPS) is 14.0. The molecule has 88 valence electrons. The van der Waals surface area contributed by atoms with Crippen molar-refractivity contribution in [3.8, 4) is 5.69 Å². The SMILES string of the molecule is NCc1nn(-c2ccc(Br)cc2)c2c1COC2. The number of hydrogen-bond donors (Lipinski definition) is 1. The molecule has 3 rings (SSSR count). The van der Waals surface area contributed by atoms with Gasteiger partial charge in [0.25, 0.3) is 0 Å². The second kappa shape index (κ2) is 4.25. The number of rotatable bonds is 2. The van der Waals surface area contributed by atoms with E-state index in [1.165, 1.54) is 0 Å². The van der Waals surface area contributed by atoms with Gasteiger partial charge in [0.2, 0.25) is 0 Å². The molecular weight excluding hydrogens is 282 g/mol. The lowest BCUT2D eigenvalue weighted by Crippen LogP contribution is -2.04. The van der Waals surface area contributed by atoms with Crippen molar-refractivity contribution in [2.24, 2.45) is 5.73 Å². The molecular formula is C12H12BrN3O. The minimum absolute atomic E-state index is 0.454. The molecule has 0 aliphatic carbocycles. The van der Waals surface area contributed by atoms with Crippen LogP contribution in [0.2, 0.25) is 0 Å². The molecule has 2 aromatic rings. The van der Waals surface area contributed by atoms with Gasteiger partial charge in [0, 0.05) is 16.6 Å². The first-order valence-electron chi connectivity index (χ1n) is 5.43. The monoisotopic (exact) mass is 293 g/mol. The Morgan fingerprint density at radius 1 is 1.29 bits per heavy atom. The van der Waals surface area contributed by atoms with Gasteiger partial charge in [-0.1, -0.05) is 15.9 Å². The lowest BCUT2D eigenvalue weighted by molar-refractivity contribution is 0.130. The van der Waals surface area contributed by atoms with Gasteiger partial charge in [-0.25, -0.2) is 4.68 Å². The van der Waals surface area contributed by atoms with Crippen LogP contribution in [-0.4, -0.2) is 9.78 Å². The Morgan fingerprint density at radius 2 is 2.06 bits per heavy atom. The Kier molecular flexibility index (Phi) is 2.74. The van der Waals surface area contributed by atoms with Gasteiger partial charge in [-0.05, 0) is 24.3 Å². The van der Waals surface area contributed by atoms with Crippen molar-refractivity contribution in [2.75, 3.05) is 0 Å². The summed E-state index contributed by atoms with van der Waals surface area (Å²) in [5.74, 6) is 0. The lowest BCUT2D eigenvalue weighted by atomic mass is 10.2. The van der Waals surface area contributed by atoms with E-state index in [4.69, 9.17) is 10.5 Å². The van der Waals surface area contributed by atoms with E-state index in [-0.39, 0.29) is 0 Å². The van der Waals surface area contributed by atoms with E-state index < -0.39 is 0 Å². The second-order valence-electron chi connectivity index (χ2n) is 3.96. The fourth-order valence-electron chi connectivity index (χ4n) is 2.06. The molecule has 17 heavy (non-hydrogen) atoms. The summed E-state index contributed by atoms with van der Waals surface area (Å²) in [5.41, 5.74) is 9.93. The molecule has 1 aliphatic rings. The fourth-order valence-corrected chi connectivity index (χ4v) is 2.32. The summed E-state index contributed by atoms with van der Waals surface area (Å²) < 4.78 is 8.44. The van der Waals surface area contributed by atoms with Gasteiger partial charge < -0.3 is 10.5 Å². The van der Waals surface area contributed by atoms with E-state index >= 15 is 0 Å². The van der Waals surface area contributed by atoms with Crippen molar-refractivity contribution in [3.63, 3.8) is 0 Å². The van der Waals surface area contributed by atoms with Crippen molar-refractivity contribution in [1.82, 2.24) is 9.78 Å². The molecule has 2 heterocycles. The average Bonchev–Trinajstić information content (AvgIpc) is 2.91. The Labute approximate surface area is 108 Å². The van der Waals surface area contributed by atoms with Crippen LogP contribution in [0.3, 0.4) is 0 Å². The summed E-state index contributed by atoms with van der Waals surface area (Å²) in [7, 11) is 0. The highest BCUT2D eigenvalue weighted by atomic mass is 79.9. The zero-order chi connectivity index (χ0) is 11.8. The molecule has 0 fully saturated rings. The first-order chi connectivity index (χ1) is 8.29. The summed E-state index contributed by atoms with van der Waals surface area (Å²) in [5, 5.41) is 4.55. The molecule has 5 heteroatoms. The molecule has 0 radical (unpaired) electrons. The molecule has 1 aromatic heterocycles. The van der Waals surface area contributed by atoms with Crippen LogP contribution in [-0.2, 0) is 24.5 Å². The summed E-state index contributed by atoms with van der Waals surface area (Å²) in [6.07, 6.45) is 0. The van der Waals surface area contributed by atoms with Crippen LogP contribution in [0.15, 0.2) is 28.7 Å². The van der Waals surface area contributed by atoms with Crippen molar-refractivity contribution < 1.29 is 4.74 Å². The number of halogens is 1. The number of nitrogens with zero attached hydrogens (tertiary/aromatic N) is 2. The second-order valence-corrected chi connectivity index (χ2v) is 4.87. The number of fused-ring (bicyclic) bond motifs is 1. The van der Waals surface area contributed by atoms with Crippen LogP contribution in [0, 0.1) is 0 Å². The van der Waals surface area contributed by atoms with Gasteiger partial charge in [-0.3, -0.25) is 0 Å². The van der Waals surface area contributed by atoms with Crippen LogP contribution in [0.25, 0.3) is 5.69 Å². The van der Waals surface area contributed by atoms with E-state index in [9.17, 15) is 0 Å².